The number of nitrogens with one attached hydrogen (secondary N) is 1. The number of carbonyl (C=O) groups excluding carboxylic acids is 1. The maximum Gasteiger partial charge on any atom is 0.271 e. The van der Waals surface area contributed by atoms with Crippen molar-refractivity contribution in [2.24, 2.45) is 5.10 Å². The number of amides is 1. The van der Waals surface area contributed by atoms with E-state index in [2.05, 4.69) is 10.5 Å². The number of rotatable bonds is 4. The lowest BCUT2D eigenvalue weighted by Gasteiger charge is -2.06. The van der Waals surface area contributed by atoms with Gasteiger partial charge in [0.05, 0.1) is 5.71 Å². The normalized spacial score (nSPS) is 11.3. The van der Waals surface area contributed by atoms with Crippen molar-refractivity contribution in [2.45, 2.75) is 6.92 Å². The highest BCUT2D eigenvalue weighted by atomic mass is 16.2. The van der Waals surface area contributed by atoms with Gasteiger partial charge in [-0.1, -0.05) is 30.3 Å². The van der Waals surface area contributed by atoms with E-state index in [0.29, 0.717) is 5.56 Å². The molecule has 1 amide bonds. The number of hydrogen-bond acceptors (Lipinski definition) is 2. The molecule has 114 valence electrons. The van der Waals surface area contributed by atoms with Gasteiger partial charge in [0, 0.05) is 23.6 Å². The summed E-state index contributed by atoms with van der Waals surface area (Å²) >= 11 is 0. The molecule has 23 heavy (non-hydrogen) atoms. The van der Waals surface area contributed by atoms with Gasteiger partial charge in [0.2, 0.25) is 0 Å². The average Bonchev–Trinajstić information content (AvgIpc) is 3.15. The van der Waals surface area contributed by atoms with Gasteiger partial charge in [-0.3, -0.25) is 4.79 Å². The first-order valence-corrected chi connectivity index (χ1v) is 7.37. The highest BCUT2D eigenvalue weighted by Gasteiger charge is 2.04. The molecule has 0 atom stereocenters. The second-order valence-corrected chi connectivity index (χ2v) is 5.14. The van der Waals surface area contributed by atoms with Gasteiger partial charge in [0.1, 0.15) is 0 Å². The van der Waals surface area contributed by atoms with Crippen LogP contribution < -0.4 is 5.43 Å². The van der Waals surface area contributed by atoms with Crippen molar-refractivity contribution in [1.29, 1.82) is 0 Å². The molecule has 0 saturated heterocycles. The molecule has 1 heterocycles. The Labute approximate surface area is 135 Å². The molecule has 0 unspecified atom stereocenters. The number of carbonyl (C=O) groups is 1. The van der Waals surface area contributed by atoms with Crippen LogP contribution in [0.15, 0.2) is 84.2 Å². The van der Waals surface area contributed by atoms with Gasteiger partial charge >= 0.3 is 0 Å². The smallest absolute Gasteiger partial charge is 0.271 e. The van der Waals surface area contributed by atoms with E-state index < -0.39 is 0 Å². The van der Waals surface area contributed by atoms with Gasteiger partial charge in [0.25, 0.3) is 5.91 Å². The van der Waals surface area contributed by atoms with Crippen molar-refractivity contribution < 1.29 is 4.79 Å². The van der Waals surface area contributed by atoms with Gasteiger partial charge in [-0.05, 0) is 48.9 Å². The largest absolute Gasteiger partial charge is 0.324 e. The van der Waals surface area contributed by atoms with Crippen LogP contribution in [0.3, 0.4) is 0 Å². The molecule has 0 radical (unpaired) electrons. The predicted molar refractivity (Wildman–Crippen MR) is 91.9 cm³/mol. The summed E-state index contributed by atoms with van der Waals surface area (Å²) in [6, 6.07) is 21.0. The standard InChI is InChI=1S/C19H17N3O/c1-15(20-21-19(23)17-7-3-2-4-8-17)16-9-11-18(12-10-16)22-13-5-6-14-22/h2-14H,1H3,(H,21,23)/b20-15+. The average molecular weight is 303 g/mol. The number of hydrazone groups is 1. The minimum atomic E-state index is -0.214. The molecule has 2 aromatic carbocycles. The third-order valence-corrected chi connectivity index (χ3v) is 3.55. The Morgan fingerprint density at radius 1 is 0.870 bits per heavy atom. The lowest BCUT2D eigenvalue weighted by atomic mass is 10.1. The summed E-state index contributed by atoms with van der Waals surface area (Å²) in [6.45, 7) is 1.87. The topological polar surface area (TPSA) is 46.4 Å². The van der Waals surface area contributed by atoms with Crippen molar-refractivity contribution in [1.82, 2.24) is 9.99 Å². The monoisotopic (exact) mass is 303 g/mol. The molecular formula is C19H17N3O. The summed E-state index contributed by atoms with van der Waals surface area (Å²) in [7, 11) is 0. The number of hydrogen-bond donors (Lipinski definition) is 1. The van der Waals surface area contributed by atoms with Crippen LogP contribution in [0.1, 0.15) is 22.8 Å². The first kappa shape index (κ1) is 14.8. The van der Waals surface area contributed by atoms with E-state index in [1.165, 1.54) is 0 Å². The highest BCUT2D eigenvalue weighted by molar-refractivity contribution is 6.00. The first-order valence-electron chi connectivity index (χ1n) is 7.37. The van der Waals surface area contributed by atoms with Gasteiger partial charge in [0.15, 0.2) is 0 Å². The van der Waals surface area contributed by atoms with E-state index in [0.717, 1.165) is 17.0 Å². The van der Waals surface area contributed by atoms with E-state index in [9.17, 15) is 4.79 Å². The summed E-state index contributed by atoms with van der Waals surface area (Å²) in [5.74, 6) is -0.214. The van der Waals surface area contributed by atoms with Crippen molar-refractivity contribution in [3.05, 3.63) is 90.3 Å². The Kier molecular flexibility index (Phi) is 4.34. The molecule has 1 aromatic heterocycles. The molecule has 1 N–H and O–H groups in total. The van der Waals surface area contributed by atoms with Gasteiger partial charge in [-0.25, -0.2) is 5.43 Å². The Hall–Kier alpha value is -3.14. The van der Waals surface area contributed by atoms with E-state index in [-0.39, 0.29) is 5.91 Å². The Morgan fingerprint density at radius 3 is 2.17 bits per heavy atom. The van der Waals surface area contributed by atoms with Crippen LogP contribution in [-0.4, -0.2) is 16.2 Å². The molecule has 4 heteroatoms. The summed E-state index contributed by atoms with van der Waals surface area (Å²) in [6.07, 6.45) is 3.99. The fourth-order valence-electron chi connectivity index (χ4n) is 2.23. The van der Waals surface area contributed by atoms with E-state index in [4.69, 9.17) is 0 Å². The zero-order chi connectivity index (χ0) is 16.1. The molecule has 0 bridgehead atoms. The maximum absolute atomic E-state index is 12.0. The van der Waals surface area contributed by atoms with E-state index in [1.807, 2.05) is 78.5 Å². The fourth-order valence-corrected chi connectivity index (χ4v) is 2.23. The summed E-state index contributed by atoms with van der Waals surface area (Å²) in [4.78, 5) is 12.0. The molecule has 0 aliphatic carbocycles. The van der Waals surface area contributed by atoms with Crippen molar-refractivity contribution in [3.8, 4) is 5.69 Å². The molecule has 0 spiro atoms. The quantitative estimate of drug-likeness (QED) is 0.580. The Morgan fingerprint density at radius 2 is 1.52 bits per heavy atom. The number of nitrogens with zero attached hydrogens (tertiary/aromatic N) is 2. The second-order valence-electron chi connectivity index (χ2n) is 5.14. The van der Waals surface area contributed by atoms with Gasteiger partial charge < -0.3 is 4.57 Å². The third-order valence-electron chi connectivity index (χ3n) is 3.55. The SMILES string of the molecule is C/C(=N\NC(=O)c1ccccc1)c1ccc(-n2cccc2)cc1. The zero-order valence-corrected chi connectivity index (χ0v) is 12.8. The molecule has 3 rings (SSSR count). The lowest BCUT2D eigenvalue weighted by molar-refractivity contribution is 0.0955. The Bertz CT molecular complexity index is 804. The van der Waals surface area contributed by atoms with Crippen LogP contribution in [-0.2, 0) is 0 Å². The van der Waals surface area contributed by atoms with Crippen LogP contribution in [0.2, 0.25) is 0 Å². The summed E-state index contributed by atoms with van der Waals surface area (Å²) in [5, 5.41) is 4.17. The minimum Gasteiger partial charge on any atom is -0.324 e. The molecule has 4 nitrogen and oxygen atoms in total. The van der Waals surface area contributed by atoms with E-state index >= 15 is 0 Å². The zero-order valence-electron chi connectivity index (χ0n) is 12.8. The molecular weight excluding hydrogens is 286 g/mol. The summed E-state index contributed by atoms with van der Waals surface area (Å²) < 4.78 is 2.04. The van der Waals surface area contributed by atoms with Crippen molar-refractivity contribution >= 4 is 11.6 Å². The number of aromatic nitrogens is 1. The maximum atomic E-state index is 12.0. The lowest BCUT2D eigenvalue weighted by Crippen LogP contribution is -2.19. The molecule has 0 aliphatic rings. The summed E-state index contributed by atoms with van der Waals surface area (Å²) in [5.41, 5.74) is 5.98. The molecule has 0 saturated carbocycles. The van der Waals surface area contributed by atoms with Crippen molar-refractivity contribution in [2.75, 3.05) is 0 Å². The Balaban J connectivity index is 1.70. The van der Waals surface area contributed by atoms with Crippen LogP contribution in [0.4, 0.5) is 0 Å². The van der Waals surface area contributed by atoms with Crippen LogP contribution >= 0.6 is 0 Å². The molecule has 0 aliphatic heterocycles. The second kappa shape index (κ2) is 6.75. The first-order chi connectivity index (χ1) is 11.2. The number of benzene rings is 2. The highest BCUT2D eigenvalue weighted by Crippen LogP contribution is 2.10. The van der Waals surface area contributed by atoms with Gasteiger partial charge in [-0.2, -0.15) is 5.10 Å². The van der Waals surface area contributed by atoms with E-state index in [1.54, 1.807) is 12.1 Å². The molecule has 3 aromatic rings. The van der Waals surface area contributed by atoms with Crippen LogP contribution in [0.25, 0.3) is 5.69 Å². The predicted octanol–water partition coefficient (Wildman–Crippen LogP) is 3.63. The molecule has 0 fully saturated rings. The van der Waals surface area contributed by atoms with Crippen LogP contribution in [0.5, 0.6) is 0 Å². The van der Waals surface area contributed by atoms with Crippen molar-refractivity contribution in [3.63, 3.8) is 0 Å². The fraction of sp³-hybridized carbons (Fsp3) is 0.0526. The van der Waals surface area contributed by atoms with Gasteiger partial charge in [-0.15, -0.1) is 0 Å². The minimum absolute atomic E-state index is 0.214. The van der Waals surface area contributed by atoms with Crippen LogP contribution in [0, 0.1) is 0 Å². The third kappa shape index (κ3) is 3.55.